The van der Waals surface area contributed by atoms with Gasteiger partial charge in [0.15, 0.2) is 0 Å². The number of thioether (sulfide) groups is 1. The molecule has 3 heterocycles. The van der Waals surface area contributed by atoms with Gasteiger partial charge in [-0.05, 0) is 47.4 Å². The minimum atomic E-state index is 0.532. The van der Waals surface area contributed by atoms with Crippen LogP contribution in [-0.4, -0.2) is 10.2 Å². The van der Waals surface area contributed by atoms with E-state index in [9.17, 15) is 0 Å². The van der Waals surface area contributed by atoms with Crippen molar-refractivity contribution < 1.29 is 4.42 Å². The van der Waals surface area contributed by atoms with Gasteiger partial charge in [0.25, 0.3) is 0 Å². The van der Waals surface area contributed by atoms with E-state index in [1.165, 1.54) is 27.0 Å². The number of pyridine rings is 1. The van der Waals surface area contributed by atoms with Crippen LogP contribution in [0.4, 0.5) is 0 Å². The summed E-state index contributed by atoms with van der Waals surface area (Å²) in [4.78, 5) is 6.49. The van der Waals surface area contributed by atoms with Crippen LogP contribution in [0.3, 0.4) is 0 Å². The summed E-state index contributed by atoms with van der Waals surface area (Å²) in [5.41, 5.74) is 10.1. The number of rotatable bonds is 2. The van der Waals surface area contributed by atoms with E-state index in [4.69, 9.17) is 9.40 Å². The molecule has 7 aromatic rings. The van der Waals surface area contributed by atoms with Crippen molar-refractivity contribution in [2.75, 3.05) is 0 Å². The summed E-state index contributed by atoms with van der Waals surface area (Å²) in [6.45, 7) is 0. The molecule has 40 heavy (non-hydrogen) atoms. The van der Waals surface area contributed by atoms with Gasteiger partial charge in [0.2, 0.25) is 0 Å². The first-order chi connectivity index (χ1) is 19.8. The molecule has 0 fully saturated rings. The Balaban J connectivity index is 1.33. The molecule has 3 heteroatoms. The fourth-order valence-electron chi connectivity index (χ4n) is 6.54. The molecular weight excluding hydrogens is 506 g/mol. The summed E-state index contributed by atoms with van der Waals surface area (Å²) < 4.78 is 6.71. The zero-order valence-corrected chi connectivity index (χ0v) is 22.4. The van der Waals surface area contributed by atoms with E-state index in [2.05, 4.69) is 121 Å². The maximum atomic E-state index is 6.71. The second-order valence-corrected chi connectivity index (χ2v) is 11.8. The predicted molar refractivity (Wildman–Crippen MR) is 169 cm³/mol. The molecule has 5 aromatic carbocycles. The van der Waals surface area contributed by atoms with Crippen LogP contribution in [0.15, 0.2) is 131 Å². The highest BCUT2D eigenvalue weighted by Gasteiger charge is 2.28. The number of nitrogens with zero attached hydrogens (tertiary/aromatic N) is 1. The predicted octanol–water partition coefficient (Wildman–Crippen LogP) is 10.4. The lowest BCUT2D eigenvalue weighted by Crippen LogP contribution is -2.00. The molecule has 2 aromatic heterocycles. The number of benzene rings is 5. The van der Waals surface area contributed by atoms with Crippen molar-refractivity contribution >= 4 is 60.9 Å². The van der Waals surface area contributed by atoms with Gasteiger partial charge in [-0.2, -0.15) is 0 Å². The Kier molecular flexibility index (Phi) is 4.70. The van der Waals surface area contributed by atoms with Gasteiger partial charge in [0.1, 0.15) is 11.2 Å². The standard InChI is InChI=1S/C37H23NOS/c1-2-9-22(10-3-1)36-28-19-20-31-35(34(28)27-12-4-6-15-30(27)38-36)29-14-8-13-24(37(29)39-31)23-17-18-26-25-11-5-7-16-32(25)40-33(26)21-23/h1-15,17-21,32H,16H2. The minimum absolute atomic E-state index is 0.532. The molecule has 188 valence electrons. The molecule has 0 amide bonds. The molecule has 1 aliphatic heterocycles. The summed E-state index contributed by atoms with van der Waals surface area (Å²) in [7, 11) is 0. The molecule has 9 rings (SSSR count). The number of allylic oxidation sites excluding steroid dienone is 3. The maximum absolute atomic E-state index is 6.71. The number of hydrogen-bond acceptors (Lipinski definition) is 3. The first-order valence-corrected chi connectivity index (χ1v) is 14.6. The van der Waals surface area contributed by atoms with E-state index in [0.717, 1.165) is 61.5 Å². The monoisotopic (exact) mass is 529 g/mol. The fourth-order valence-corrected chi connectivity index (χ4v) is 7.89. The third-order valence-corrected chi connectivity index (χ3v) is 9.68. The summed E-state index contributed by atoms with van der Waals surface area (Å²) >= 11 is 1.99. The molecule has 1 atom stereocenters. The topological polar surface area (TPSA) is 26.0 Å². The van der Waals surface area contributed by atoms with E-state index in [-0.39, 0.29) is 0 Å². The van der Waals surface area contributed by atoms with Crippen molar-refractivity contribution in [2.24, 2.45) is 0 Å². The SMILES string of the molecule is C1=CCC2Sc3cc(-c4cccc5c4oc4ccc6c(-c7ccccc7)nc7ccccc7c6c45)ccc3C2=C1. The molecule has 0 spiro atoms. The lowest BCUT2D eigenvalue weighted by molar-refractivity contribution is 0.670. The van der Waals surface area contributed by atoms with E-state index in [0.29, 0.717) is 5.25 Å². The number of fused-ring (bicyclic) bond motifs is 10. The van der Waals surface area contributed by atoms with Gasteiger partial charge >= 0.3 is 0 Å². The van der Waals surface area contributed by atoms with Crippen molar-refractivity contribution in [3.63, 3.8) is 0 Å². The molecule has 1 aliphatic carbocycles. The summed E-state index contributed by atoms with van der Waals surface area (Å²) in [5.74, 6) is 0. The highest BCUT2D eigenvalue weighted by molar-refractivity contribution is 8.00. The first kappa shape index (κ1) is 22.2. The Morgan fingerprint density at radius 1 is 0.700 bits per heavy atom. The summed E-state index contributed by atoms with van der Waals surface area (Å²) in [6, 6.07) is 36.7. The highest BCUT2D eigenvalue weighted by Crippen LogP contribution is 2.50. The number of hydrogen-bond donors (Lipinski definition) is 0. The fraction of sp³-hybridized carbons (Fsp3) is 0.0541. The van der Waals surface area contributed by atoms with Gasteiger partial charge in [0.05, 0.1) is 11.2 Å². The maximum Gasteiger partial charge on any atom is 0.143 e. The first-order valence-electron chi connectivity index (χ1n) is 13.7. The Bertz CT molecular complexity index is 2220. The average molecular weight is 530 g/mol. The van der Waals surface area contributed by atoms with Gasteiger partial charge < -0.3 is 4.42 Å². The van der Waals surface area contributed by atoms with Crippen LogP contribution in [0.2, 0.25) is 0 Å². The Labute approximate surface area is 235 Å². The second kappa shape index (κ2) is 8.45. The van der Waals surface area contributed by atoms with Crippen LogP contribution in [0, 0.1) is 0 Å². The highest BCUT2D eigenvalue weighted by atomic mass is 32.2. The quantitative estimate of drug-likeness (QED) is 0.208. The van der Waals surface area contributed by atoms with Crippen LogP contribution in [0.5, 0.6) is 0 Å². The summed E-state index contributed by atoms with van der Waals surface area (Å²) in [6.07, 6.45) is 7.84. The van der Waals surface area contributed by atoms with Crippen LogP contribution >= 0.6 is 11.8 Å². The van der Waals surface area contributed by atoms with E-state index in [1.54, 1.807) is 0 Å². The molecule has 0 saturated heterocycles. The second-order valence-electron chi connectivity index (χ2n) is 10.6. The van der Waals surface area contributed by atoms with Crippen LogP contribution in [0.1, 0.15) is 12.0 Å². The van der Waals surface area contributed by atoms with Gasteiger partial charge in [-0.3, -0.25) is 0 Å². The Hall–Kier alpha value is -4.60. The van der Waals surface area contributed by atoms with E-state index in [1.807, 2.05) is 11.8 Å². The normalized spacial score (nSPS) is 16.1. The van der Waals surface area contributed by atoms with Crippen molar-refractivity contribution in [2.45, 2.75) is 16.6 Å². The third kappa shape index (κ3) is 3.16. The van der Waals surface area contributed by atoms with Gasteiger partial charge in [0, 0.05) is 48.2 Å². The Morgan fingerprint density at radius 2 is 1.57 bits per heavy atom. The molecule has 0 N–H and O–H groups in total. The zero-order chi connectivity index (χ0) is 26.2. The zero-order valence-electron chi connectivity index (χ0n) is 21.6. The van der Waals surface area contributed by atoms with Crippen LogP contribution in [-0.2, 0) is 0 Å². The van der Waals surface area contributed by atoms with Crippen molar-refractivity contribution in [3.8, 4) is 22.4 Å². The van der Waals surface area contributed by atoms with E-state index >= 15 is 0 Å². The van der Waals surface area contributed by atoms with Crippen LogP contribution < -0.4 is 0 Å². The molecule has 0 saturated carbocycles. The van der Waals surface area contributed by atoms with Gasteiger partial charge in [-0.15, -0.1) is 11.8 Å². The lowest BCUT2D eigenvalue weighted by atomic mass is 9.94. The minimum Gasteiger partial charge on any atom is -0.455 e. The van der Waals surface area contributed by atoms with Crippen molar-refractivity contribution in [1.29, 1.82) is 0 Å². The van der Waals surface area contributed by atoms with Crippen LogP contribution in [0.25, 0.3) is 71.6 Å². The molecule has 2 aliphatic rings. The molecule has 0 bridgehead atoms. The lowest BCUT2D eigenvalue weighted by Gasteiger charge is -2.11. The molecular formula is C37H23NOS. The molecule has 1 unspecified atom stereocenters. The Morgan fingerprint density at radius 3 is 2.52 bits per heavy atom. The average Bonchev–Trinajstić information content (AvgIpc) is 3.59. The van der Waals surface area contributed by atoms with Crippen molar-refractivity contribution in [3.05, 3.63) is 127 Å². The smallest absolute Gasteiger partial charge is 0.143 e. The number of para-hydroxylation sites is 2. The van der Waals surface area contributed by atoms with Gasteiger partial charge in [-0.1, -0.05) is 97.1 Å². The van der Waals surface area contributed by atoms with Crippen molar-refractivity contribution in [1.82, 2.24) is 4.98 Å². The summed E-state index contributed by atoms with van der Waals surface area (Å²) in [5, 5.41) is 6.32. The van der Waals surface area contributed by atoms with E-state index < -0.39 is 0 Å². The molecule has 0 radical (unpaired) electrons. The van der Waals surface area contributed by atoms with Gasteiger partial charge in [-0.25, -0.2) is 4.98 Å². The number of aromatic nitrogens is 1. The third-order valence-electron chi connectivity index (χ3n) is 8.35. The molecule has 2 nitrogen and oxygen atoms in total. The number of furan rings is 1. The largest absolute Gasteiger partial charge is 0.455 e.